The van der Waals surface area contributed by atoms with Crippen LogP contribution in [0.2, 0.25) is 0 Å². The minimum absolute atomic E-state index is 0.0635. The molecule has 3 aromatic rings. The first kappa shape index (κ1) is 20.3. The van der Waals surface area contributed by atoms with Crippen molar-refractivity contribution in [2.24, 2.45) is 0 Å². The monoisotopic (exact) mass is 417 g/mol. The van der Waals surface area contributed by atoms with Crippen LogP contribution in [0.1, 0.15) is 36.5 Å². The lowest BCUT2D eigenvalue weighted by Crippen LogP contribution is -2.50. The number of nitriles is 1. The highest BCUT2D eigenvalue weighted by Crippen LogP contribution is 2.46. The van der Waals surface area contributed by atoms with Crippen LogP contribution in [0, 0.1) is 21.4 Å². The number of aliphatic hydroxyl groups excluding tert-OH is 1. The highest BCUT2D eigenvalue weighted by atomic mass is 16.6. The number of fused-ring (bicyclic) bond motifs is 1. The van der Waals surface area contributed by atoms with E-state index in [1.165, 1.54) is 18.3 Å². The average Bonchev–Trinajstić information content (AvgIpc) is 2.75. The van der Waals surface area contributed by atoms with Gasteiger partial charge in [-0.3, -0.25) is 14.9 Å². The van der Waals surface area contributed by atoms with Crippen molar-refractivity contribution in [2.45, 2.75) is 31.5 Å². The molecule has 8 heteroatoms. The van der Waals surface area contributed by atoms with E-state index in [4.69, 9.17) is 4.74 Å². The third kappa shape index (κ3) is 3.45. The van der Waals surface area contributed by atoms with Gasteiger partial charge in [-0.2, -0.15) is 5.26 Å². The molecule has 8 nitrogen and oxygen atoms in total. The van der Waals surface area contributed by atoms with Gasteiger partial charge >= 0.3 is 0 Å². The zero-order valence-corrected chi connectivity index (χ0v) is 16.8. The third-order valence-corrected chi connectivity index (χ3v) is 5.57. The predicted octanol–water partition coefficient (Wildman–Crippen LogP) is 3.49. The van der Waals surface area contributed by atoms with Crippen LogP contribution < -0.4 is 10.3 Å². The molecule has 0 bridgehead atoms. The zero-order chi connectivity index (χ0) is 22.3. The number of nitrogens with one attached hydrogen (secondary N) is 1. The van der Waals surface area contributed by atoms with E-state index in [1.807, 2.05) is 0 Å². The molecule has 156 valence electrons. The van der Waals surface area contributed by atoms with Gasteiger partial charge in [-0.25, -0.2) is 0 Å². The van der Waals surface area contributed by atoms with Crippen molar-refractivity contribution in [1.29, 1.82) is 5.26 Å². The fourth-order valence-corrected chi connectivity index (χ4v) is 4.00. The summed E-state index contributed by atoms with van der Waals surface area (Å²) in [5.74, 6) is -0.292. The number of nitro groups is 1. The topological polar surface area (TPSA) is 129 Å². The minimum Gasteiger partial charge on any atom is -0.485 e. The summed E-state index contributed by atoms with van der Waals surface area (Å²) in [6.45, 7) is 3.46. The Balaban J connectivity index is 1.97. The summed E-state index contributed by atoms with van der Waals surface area (Å²) >= 11 is 0. The number of rotatable bonds is 3. The van der Waals surface area contributed by atoms with E-state index in [2.05, 4.69) is 11.1 Å². The maximum Gasteiger partial charge on any atom is 0.269 e. The lowest BCUT2D eigenvalue weighted by molar-refractivity contribution is -0.384. The van der Waals surface area contributed by atoms with Gasteiger partial charge in [-0.1, -0.05) is 0 Å². The molecule has 2 heterocycles. The van der Waals surface area contributed by atoms with Crippen LogP contribution in [0.15, 0.2) is 59.5 Å². The number of aromatic nitrogens is 1. The van der Waals surface area contributed by atoms with Crippen molar-refractivity contribution < 1.29 is 14.8 Å². The van der Waals surface area contributed by atoms with Gasteiger partial charge in [0.25, 0.3) is 11.2 Å². The van der Waals surface area contributed by atoms with E-state index >= 15 is 0 Å². The van der Waals surface area contributed by atoms with Crippen molar-refractivity contribution in [3.63, 3.8) is 0 Å². The molecule has 2 N–H and O–H groups in total. The molecule has 1 aliphatic rings. The number of H-pyrrole nitrogens is 1. The summed E-state index contributed by atoms with van der Waals surface area (Å²) in [6.07, 6.45) is 0.403. The van der Waals surface area contributed by atoms with Gasteiger partial charge in [-0.05, 0) is 61.4 Å². The van der Waals surface area contributed by atoms with Gasteiger partial charge in [-0.15, -0.1) is 0 Å². The van der Waals surface area contributed by atoms with Crippen LogP contribution in [0.5, 0.6) is 5.75 Å². The Morgan fingerprint density at radius 3 is 2.55 bits per heavy atom. The fourth-order valence-electron chi connectivity index (χ4n) is 4.00. The predicted molar refractivity (Wildman–Crippen MR) is 113 cm³/mol. The third-order valence-electron chi connectivity index (χ3n) is 5.57. The number of ether oxygens (including phenoxy) is 1. The molecule has 0 fully saturated rings. The van der Waals surface area contributed by atoms with Crippen LogP contribution in [-0.2, 0) is 0 Å². The number of nitrogens with zero attached hydrogens (tertiary/aromatic N) is 2. The summed E-state index contributed by atoms with van der Waals surface area (Å²) < 4.78 is 5.96. The van der Waals surface area contributed by atoms with Crippen LogP contribution in [0.25, 0.3) is 11.1 Å². The lowest BCUT2D eigenvalue weighted by atomic mass is 9.75. The van der Waals surface area contributed by atoms with Crippen LogP contribution >= 0.6 is 0 Å². The SMILES string of the molecule is CC1(C)Oc2ccc(C#N)cc2[C@H](c2c(-c3ccc([N+](=O)[O-])cc3)cc[nH]c2=O)[C@H]1O. The number of nitro benzene ring substituents is 1. The van der Waals surface area contributed by atoms with E-state index in [9.17, 15) is 25.3 Å². The first-order chi connectivity index (χ1) is 14.7. The first-order valence-electron chi connectivity index (χ1n) is 9.60. The average molecular weight is 417 g/mol. The van der Waals surface area contributed by atoms with Crippen molar-refractivity contribution in [3.8, 4) is 22.9 Å². The Labute approximate surface area is 177 Å². The molecule has 2 aromatic carbocycles. The summed E-state index contributed by atoms with van der Waals surface area (Å²) in [5, 5.41) is 31.6. The molecule has 1 aromatic heterocycles. The number of aromatic amines is 1. The van der Waals surface area contributed by atoms with Crippen molar-refractivity contribution in [2.75, 3.05) is 0 Å². The number of non-ortho nitro benzene ring substituents is 1. The van der Waals surface area contributed by atoms with E-state index < -0.39 is 28.1 Å². The quantitative estimate of drug-likeness (QED) is 0.496. The standard InChI is InChI=1S/C23H19N3O5/c1-23(2)21(27)19(17-11-13(12-24)3-8-18(17)31-23)20-16(9-10-25-22(20)28)14-4-6-15(7-5-14)26(29)30/h3-11,19,21,27H,1-2H3,(H,25,28)/t19-,21-/m1/s1. The minimum atomic E-state index is -1.09. The highest BCUT2D eigenvalue weighted by molar-refractivity contribution is 5.70. The molecule has 0 spiro atoms. The van der Waals surface area contributed by atoms with Crippen molar-refractivity contribution >= 4 is 5.69 Å². The lowest BCUT2D eigenvalue weighted by Gasteiger charge is -2.42. The maximum atomic E-state index is 13.0. The molecule has 0 saturated carbocycles. The molecule has 0 saturated heterocycles. The van der Waals surface area contributed by atoms with Gasteiger partial charge < -0.3 is 14.8 Å². The first-order valence-corrected chi connectivity index (χ1v) is 9.60. The van der Waals surface area contributed by atoms with Gasteiger partial charge in [0.05, 0.1) is 16.6 Å². The Hall–Kier alpha value is -3.96. The largest absolute Gasteiger partial charge is 0.485 e. The Bertz CT molecular complexity index is 1270. The van der Waals surface area contributed by atoms with Crippen LogP contribution in [-0.4, -0.2) is 26.7 Å². The molecule has 4 rings (SSSR count). The molecular formula is C23H19N3O5. The Morgan fingerprint density at radius 2 is 1.90 bits per heavy atom. The van der Waals surface area contributed by atoms with E-state index in [-0.39, 0.29) is 5.69 Å². The van der Waals surface area contributed by atoms with E-state index in [0.29, 0.717) is 33.6 Å². The number of hydrogen-bond acceptors (Lipinski definition) is 6. The number of hydrogen-bond donors (Lipinski definition) is 2. The van der Waals surface area contributed by atoms with E-state index in [0.717, 1.165) is 0 Å². The van der Waals surface area contributed by atoms with Crippen molar-refractivity contribution in [3.05, 3.63) is 91.9 Å². The molecule has 2 atom stereocenters. The number of pyridine rings is 1. The molecule has 0 amide bonds. The second-order valence-corrected chi connectivity index (χ2v) is 7.93. The van der Waals surface area contributed by atoms with Gasteiger partial charge in [0.15, 0.2) is 0 Å². The molecule has 0 radical (unpaired) electrons. The highest BCUT2D eigenvalue weighted by Gasteiger charge is 2.45. The molecule has 0 aliphatic carbocycles. The summed E-state index contributed by atoms with van der Waals surface area (Å²) in [5.41, 5.74) is 0.888. The van der Waals surface area contributed by atoms with Gasteiger partial charge in [0, 0.05) is 35.4 Å². The summed E-state index contributed by atoms with van der Waals surface area (Å²) in [6, 6.07) is 14.5. The van der Waals surface area contributed by atoms with Crippen molar-refractivity contribution in [1.82, 2.24) is 4.98 Å². The molecular weight excluding hydrogens is 398 g/mol. The fraction of sp³-hybridized carbons (Fsp3) is 0.217. The summed E-state index contributed by atoms with van der Waals surface area (Å²) in [7, 11) is 0. The van der Waals surface area contributed by atoms with E-state index in [1.54, 1.807) is 50.2 Å². The second-order valence-electron chi connectivity index (χ2n) is 7.93. The van der Waals surface area contributed by atoms with Gasteiger partial charge in [0.1, 0.15) is 17.5 Å². The molecule has 31 heavy (non-hydrogen) atoms. The maximum absolute atomic E-state index is 13.0. The number of aliphatic hydroxyl groups is 1. The smallest absolute Gasteiger partial charge is 0.269 e. The zero-order valence-electron chi connectivity index (χ0n) is 16.8. The Morgan fingerprint density at radius 1 is 1.19 bits per heavy atom. The number of benzene rings is 2. The molecule has 0 unspecified atom stereocenters. The van der Waals surface area contributed by atoms with Gasteiger partial charge in [0.2, 0.25) is 0 Å². The molecule has 1 aliphatic heterocycles. The normalized spacial score (nSPS) is 19.0. The van der Waals surface area contributed by atoms with Crippen LogP contribution in [0.3, 0.4) is 0 Å². The Kier molecular flexibility index (Phi) is 4.84. The second kappa shape index (κ2) is 7.38. The van der Waals surface area contributed by atoms with Crippen LogP contribution in [0.4, 0.5) is 5.69 Å². The summed E-state index contributed by atoms with van der Waals surface area (Å²) in [4.78, 5) is 26.2.